The second kappa shape index (κ2) is 10.9. The van der Waals surface area contributed by atoms with Gasteiger partial charge >= 0.3 is 5.69 Å². The maximum atomic E-state index is 11.8. The molecule has 4 aromatic rings. The van der Waals surface area contributed by atoms with Crippen molar-refractivity contribution in [1.29, 1.82) is 0 Å². The van der Waals surface area contributed by atoms with E-state index in [0.717, 1.165) is 25.2 Å². The first-order valence-corrected chi connectivity index (χ1v) is 12.2. The van der Waals surface area contributed by atoms with Crippen molar-refractivity contribution in [3.8, 4) is 11.5 Å². The summed E-state index contributed by atoms with van der Waals surface area (Å²) in [5, 5.41) is 15.9. The van der Waals surface area contributed by atoms with Gasteiger partial charge in [-0.15, -0.1) is 0 Å². The van der Waals surface area contributed by atoms with Crippen LogP contribution in [0.25, 0.3) is 10.9 Å². The molecule has 0 saturated carbocycles. The summed E-state index contributed by atoms with van der Waals surface area (Å²) in [5.41, 5.74) is 1.83. The van der Waals surface area contributed by atoms with Crippen molar-refractivity contribution in [3.05, 3.63) is 81.9 Å². The molecule has 190 valence electrons. The number of halogens is 1. The molecule has 0 bridgehead atoms. The number of nitrogens with zero attached hydrogens (tertiary/aromatic N) is 5. The van der Waals surface area contributed by atoms with Crippen LogP contribution in [0.15, 0.2) is 61.1 Å². The lowest BCUT2D eigenvalue weighted by atomic mass is 10.1. The van der Waals surface area contributed by atoms with Crippen LogP contribution < -0.4 is 14.8 Å². The zero-order valence-electron chi connectivity index (χ0n) is 20.1. The van der Waals surface area contributed by atoms with E-state index in [1.165, 1.54) is 12.4 Å². The number of hydrogen-bond donors (Lipinski definition) is 1. The highest BCUT2D eigenvalue weighted by Gasteiger charge is 2.24. The molecule has 1 unspecified atom stereocenters. The predicted octanol–water partition coefficient (Wildman–Crippen LogP) is 5.24. The molecule has 1 aliphatic heterocycles. The SMILES string of the molecule is CN1CCC(COc2cc3ncnc(Nc4ccc(OCc5ccccn5)c(Cl)c4)c3cc2[N+](=O)[O-])C1. The Morgan fingerprint density at radius 3 is 2.76 bits per heavy atom. The van der Waals surface area contributed by atoms with E-state index in [1.807, 2.05) is 18.2 Å². The van der Waals surface area contributed by atoms with Crippen molar-refractivity contribution in [2.75, 3.05) is 32.1 Å². The minimum absolute atomic E-state index is 0.131. The third-order valence-electron chi connectivity index (χ3n) is 6.17. The Morgan fingerprint density at radius 2 is 2.03 bits per heavy atom. The molecular weight excluding hydrogens is 496 g/mol. The largest absolute Gasteiger partial charge is 0.486 e. The maximum Gasteiger partial charge on any atom is 0.311 e. The summed E-state index contributed by atoms with van der Waals surface area (Å²) >= 11 is 6.44. The third kappa shape index (κ3) is 5.87. The molecule has 37 heavy (non-hydrogen) atoms. The van der Waals surface area contributed by atoms with Gasteiger partial charge in [0.15, 0.2) is 5.75 Å². The van der Waals surface area contributed by atoms with Crippen molar-refractivity contribution in [3.63, 3.8) is 0 Å². The Morgan fingerprint density at radius 1 is 1.14 bits per heavy atom. The maximum absolute atomic E-state index is 11.8. The Balaban J connectivity index is 1.35. The monoisotopic (exact) mass is 520 g/mol. The van der Waals surface area contributed by atoms with Gasteiger partial charge in [0.2, 0.25) is 0 Å². The van der Waals surface area contributed by atoms with Gasteiger partial charge in [-0.1, -0.05) is 17.7 Å². The lowest BCUT2D eigenvalue weighted by molar-refractivity contribution is -0.385. The molecule has 3 heterocycles. The molecule has 0 amide bonds. The molecule has 2 aromatic carbocycles. The molecule has 1 aliphatic rings. The van der Waals surface area contributed by atoms with Crippen molar-refractivity contribution in [2.45, 2.75) is 13.0 Å². The summed E-state index contributed by atoms with van der Waals surface area (Å²) in [6, 6.07) is 13.9. The summed E-state index contributed by atoms with van der Waals surface area (Å²) in [6.07, 6.45) is 4.11. The number of nitro benzene ring substituents is 1. The first-order valence-electron chi connectivity index (χ1n) is 11.8. The number of pyridine rings is 1. The molecular formula is C26H25ClN6O4. The van der Waals surface area contributed by atoms with Crippen LogP contribution in [0.1, 0.15) is 12.1 Å². The van der Waals surface area contributed by atoms with E-state index in [2.05, 4.69) is 32.2 Å². The van der Waals surface area contributed by atoms with Gasteiger partial charge < -0.3 is 19.7 Å². The Labute approximate surface area is 218 Å². The fraction of sp³-hybridized carbons (Fsp3) is 0.269. The van der Waals surface area contributed by atoms with Gasteiger partial charge in [0.05, 0.1) is 33.1 Å². The van der Waals surface area contributed by atoms with Crippen LogP contribution in [0.4, 0.5) is 17.2 Å². The number of benzene rings is 2. The minimum Gasteiger partial charge on any atom is -0.486 e. The van der Waals surface area contributed by atoms with E-state index < -0.39 is 4.92 Å². The number of anilines is 2. The molecule has 1 fully saturated rings. The van der Waals surface area contributed by atoms with Crippen LogP contribution in [0.2, 0.25) is 5.02 Å². The molecule has 11 heteroatoms. The molecule has 0 aliphatic carbocycles. The number of nitrogens with one attached hydrogen (secondary N) is 1. The zero-order chi connectivity index (χ0) is 25.8. The number of hydrogen-bond acceptors (Lipinski definition) is 9. The van der Waals surface area contributed by atoms with Gasteiger partial charge in [-0.2, -0.15) is 0 Å². The quantitative estimate of drug-likeness (QED) is 0.233. The number of aromatic nitrogens is 3. The Bertz CT molecular complexity index is 1420. The lowest BCUT2D eigenvalue weighted by Gasteiger charge is -2.14. The van der Waals surface area contributed by atoms with E-state index in [0.29, 0.717) is 45.7 Å². The summed E-state index contributed by atoms with van der Waals surface area (Å²) in [4.78, 5) is 26.5. The summed E-state index contributed by atoms with van der Waals surface area (Å²) in [6.45, 7) is 2.61. The van der Waals surface area contributed by atoms with Gasteiger partial charge in [-0.05, 0) is 50.3 Å². The fourth-order valence-electron chi connectivity index (χ4n) is 4.27. The number of likely N-dealkylation sites (tertiary alicyclic amines) is 1. The fourth-order valence-corrected chi connectivity index (χ4v) is 4.50. The molecule has 10 nitrogen and oxygen atoms in total. The van der Waals surface area contributed by atoms with Gasteiger partial charge in [0, 0.05) is 36.5 Å². The normalized spacial score (nSPS) is 15.6. The van der Waals surface area contributed by atoms with Gasteiger partial charge in [0.25, 0.3) is 0 Å². The van der Waals surface area contributed by atoms with Crippen molar-refractivity contribution >= 4 is 39.7 Å². The van der Waals surface area contributed by atoms with Crippen molar-refractivity contribution in [1.82, 2.24) is 19.9 Å². The molecule has 5 rings (SSSR count). The molecule has 0 spiro atoms. The summed E-state index contributed by atoms with van der Waals surface area (Å²) < 4.78 is 11.7. The first-order chi connectivity index (χ1) is 18.0. The van der Waals surface area contributed by atoms with E-state index in [1.54, 1.807) is 30.5 Å². The highest BCUT2D eigenvalue weighted by atomic mass is 35.5. The van der Waals surface area contributed by atoms with E-state index in [9.17, 15) is 10.1 Å². The van der Waals surface area contributed by atoms with Crippen LogP contribution in [-0.4, -0.2) is 51.5 Å². The van der Waals surface area contributed by atoms with Gasteiger partial charge in [0.1, 0.15) is 24.5 Å². The van der Waals surface area contributed by atoms with Crippen LogP contribution in [0.3, 0.4) is 0 Å². The molecule has 1 atom stereocenters. The number of ether oxygens (including phenoxy) is 2. The molecule has 0 radical (unpaired) electrons. The van der Waals surface area contributed by atoms with Crippen LogP contribution in [-0.2, 0) is 6.61 Å². The van der Waals surface area contributed by atoms with Crippen LogP contribution in [0.5, 0.6) is 11.5 Å². The zero-order valence-corrected chi connectivity index (χ0v) is 20.9. The van der Waals surface area contributed by atoms with Gasteiger partial charge in [-0.25, -0.2) is 9.97 Å². The van der Waals surface area contributed by atoms with Gasteiger partial charge in [-0.3, -0.25) is 15.1 Å². The van der Waals surface area contributed by atoms with E-state index in [4.69, 9.17) is 21.1 Å². The number of fused-ring (bicyclic) bond motifs is 1. The molecule has 1 saturated heterocycles. The molecule has 1 N–H and O–H groups in total. The predicted molar refractivity (Wildman–Crippen MR) is 141 cm³/mol. The molecule has 2 aromatic heterocycles. The number of nitro groups is 1. The second-order valence-corrected chi connectivity index (χ2v) is 9.33. The first kappa shape index (κ1) is 24.7. The summed E-state index contributed by atoms with van der Waals surface area (Å²) in [5.74, 6) is 1.46. The number of rotatable bonds is 9. The van der Waals surface area contributed by atoms with E-state index >= 15 is 0 Å². The van der Waals surface area contributed by atoms with Crippen LogP contribution in [0, 0.1) is 16.0 Å². The average molecular weight is 521 g/mol. The highest BCUT2D eigenvalue weighted by Crippen LogP contribution is 2.36. The van der Waals surface area contributed by atoms with Crippen LogP contribution >= 0.6 is 11.6 Å². The Kier molecular flexibility index (Phi) is 7.29. The second-order valence-electron chi connectivity index (χ2n) is 8.92. The van der Waals surface area contributed by atoms with Crippen molar-refractivity contribution < 1.29 is 14.4 Å². The van der Waals surface area contributed by atoms with Crippen molar-refractivity contribution in [2.24, 2.45) is 5.92 Å². The van der Waals surface area contributed by atoms with E-state index in [-0.39, 0.29) is 18.0 Å². The standard InChI is InChI=1S/C26H25ClN6O4/c1-32-9-7-17(13-32)14-36-25-12-22-20(11-23(25)33(34)35)26(30-16-29-22)31-18-5-6-24(21(27)10-18)37-15-19-4-2-3-8-28-19/h2-6,8,10-12,16-17H,7,9,13-15H2,1H3,(H,29,30,31). The smallest absolute Gasteiger partial charge is 0.311 e. The highest BCUT2D eigenvalue weighted by molar-refractivity contribution is 6.32. The minimum atomic E-state index is -0.447. The topological polar surface area (TPSA) is 116 Å². The lowest BCUT2D eigenvalue weighted by Crippen LogP contribution is -2.18. The average Bonchev–Trinajstić information content (AvgIpc) is 3.32. The summed E-state index contributed by atoms with van der Waals surface area (Å²) in [7, 11) is 2.06. The Hall–Kier alpha value is -4.02. The third-order valence-corrected chi connectivity index (χ3v) is 6.47.